The fourth-order valence-corrected chi connectivity index (χ4v) is 5.50. The number of hydrogen-bond acceptors (Lipinski definition) is 7. The molecule has 0 radical (unpaired) electrons. The van der Waals surface area contributed by atoms with Gasteiger partial charge in [-0.1, -0.05) is 54.1 Å². The van der Waals surface area contributed by atoms with Crippen LogP contribution in [0.15, 0.2) is 72.8 Å². The van der Waals surface area contributed by atoms with Gasteiger partial charge in [-0.3, -0.25) is 13.3 Å². The van der Waals surface area contributed by atoms with Gasteiger partial charge >= 0.3 is 0 Å². The summed E-state index contributed by atoms with van der Waals surface area (Å²) in [7, 11) is 0. The maximum Gasteiger partial charge on any atom is 0.253 e. The van der Waals surface area contributed by atoms with Crippen molar-refractivity contribution in [2.24, 2.45) is 0 Å². The molecule has 4 rings (SSSR count). The van der Waals surface area contributed by atoms with E-state index in [0.29, 0.717) is 22.7 Å². The highest BCUT2D eigenvalue weighted by Gasteiger charge is 2.26. The molecule has 4 aromatic rings. The van der Waals surface area contributed by atoms with Crippen molar-refractivity contribution in [1.82, 2.24) is 14.1 Å². The molecule has 0 saturated heterocycles. The molecule has 0 saturated carbocycles. The molecule has 0 bridgehead atoms. The molecule has 0 aliphatic heterocycles. The lowest BCUT2D eigenvalue weighted by atomic mass is 10.0. The number of nitrogens with zero attached hydrogens (tertiary/aromatic N) is 3. The molecule has 3 unspecified atom stereocenters. The Bertz CT molecular complexity index is 1410. The Hall–Kier alpha value is -2.42. The quantitative estimate of drug-likeness (QED) is 0.188. The molecule has 37 heavy (non-hydrogen) atoms. The Morgan fingerprint density at radius 3 is 2.54 bits per heavy atom. The summed E-state index contributed by atoms with van der Waals surface area (Å²) in [4.78, 5) is 13.3. The summed E-state index contributed by atoms with van der Waals surface area (Å²) in [6.45, 7) is 1.66. The van der Waals surface area contributed by atoms with E-state index in [1.165, 1.54) is 0 Å². The molecule has 1 heterocycles. The number of hydrogen-bond donors (Lipinski definition) is 2. The topological polar surface area (TPSA) is 118 Å². The Morgan fingerprint density at radius 2 is 1.86 bits per heavy atom. The van der Waals surface area contributed by atoms with Gasteiger partial charge in [0.05, 0.1) is 46.4 Å². The smallest absolute Gasteiger partial charge is 0.253 e. The van der Waals surface area contributed by atoms with Crippen LogP contribution in [0.25, 0.3) is 0 Å². The lowest BCUT2D eigenvalue weighted by Crippen LogP contribution is -2.38. The first-order chi connectivity index (χ1) is 17.7. The van der Waals surface area contributed by atoms with E-state index >= 15 is 0 Å². The second-order valence-corrected chi connectivity index (χ2v) is 11.1. The maximum atomic E-state index is 13.3. The van der Waals surface area contributed by atoms with Crippen molar-refractivity contribution in [3.05, 3.63) is 104 Å². The van der Waals surface area contributed by atoms with Crippen molar-refractivity contribution in [1.29, 1.82) is 0 Å². The first-order valence-electron chi connectivity index (χ1n) is 11.0. The number of carbonyl (C=O) groups is 1. The van der Waals surface area contributed by atoms with Crippen molar-refractivity contribution >= 4 is 74.6 Å². The van der Waals surface area contributed by atoms with Crippen LogP contribution in [-0.4, -0.2) is 34.6 Å². The van der Waals surface area contributed by atoms with Crippen LogP contribution in [0.4, 0.5) is 11.5 Å². The molecule has 192 valence electrons. The van der Waals surface area contributed by atoms with Crippen LogP contribution in [0.1, 0.15) is 40.2 Å². The lowest BCUT2D eigenvalue weighted by Gasteiger charge is -2.28. The molecular weight excluding hydrogens is 647 g/mol. The number of rotatable bonds is 9. The van der Waals surface area contributed by atoms with Crippen molar-refractivity contribution < 1.29 is 18.7 Å². The standard InChI is InChI=1S/C25H22ClIN4O4S2/c1-15(23(32)17-7-9-18(26)10-8-17)28-25(33)20-12-11-19(27)14-22(20)31(37(34)35)24-21(29-36-30-24)13-16-5-3-2-4-6-16/h2-12,14-15,23,32H,13H2,1H3,(H,28,33)(H,34,35)/p-1. The van der Waals surface area contributed by atoms with Gasteiger partial charge in [0.15, 0.2) is 5.82 Å². The second-order valence-electron chi connectivity index (χ2n) is 8.13. The molecule has 2 N–H and O–H groups in total. The van der Waals surface area contributed by atoms with Crippen molar-refractivity contribution in [2.75, 3.05) is 4.31 Å². The van der Waals surface area contributed by atoms with Crippen LogP contribution in [0.2, 0.25) is 5.02 Å². The van der Waals surface area contributed by atoms with Gasteiger partial charge in [-0.25, -0.2) is 0 Å². The van der Waals surface area contributed by atoms with Crippen molar-refractivity contribution in [2.45, 2.75) is 25.5 Å². The van der Waals surface area contributed by atoms with Gasteiger partial charge in [0.1, 0.15) is 5.69 Å². The molecule has 8 nitrogen and oxygen atoms in total. The molecule has 1 aromatic heterocycles. The Labute approximate surface area is 239 Å². The van der Waals surface area contributed by atoms with Gasteiger partial charge in [-0.2, -0.15) is 8.75 Å². The van der Waals surface area contributed by atoms with Crippen LogP contribution in [0.5, 0.6) is 0 Å². The lowest BCUT2D eigenvalue weighted by molar-refractivity contribution is 0.0852. The summed E-state index contributed by atoms with van der Waals surface area (Å²) in [5.74, 6) is -0.414. The summed E-state index contributed by atoms with van der Waals surface area (Å²) < 4.78 is 35.3. The number of halogens is 2. The third-order valence-corrected chi connectivity index (χ3v) is 7.71. The minimum Gasteiger partial charge on any atom is -0.755 e. The second kappa shape index (κ2) is 12.4. The highest BCUT2D eigenvalue weighted by Crippen LogP contribution is 2.34. The first-order valence-corrected chi connectivity index (χ1v) is 14.2. The summed E-state index contributed by atoms with van der Waals surface area (Å²) in [5.41, 5.74) is 2.24. The van der Waals surface area contributed by atoms with Gasteiger partial charge < -0.3 is 15.0 Å². The largest absolute Gasteiger partial charge is 0.755 e. The van der Waals surface area contributed by atoms with Crippen molar-refractivity contribution in [3.63, 3.8) is 0 Å². The normalized spacial score (nSPS) is 13.5. The first kappa shape index (κ1) is 27.6. The fourth-order valence-electron chi connectivity index (χ4n) is 3.70. The third-order valence-electron chi connectivity index (χ3n) is 5.56. The average molecular weight is 668 g/mol. The summed E-state index contributed by atoms with van der Waals surface area (Å²) in [6.07, 6.45) is -0.630. The number of nitrogens with one attached hydrogen (secondary N) is 1. The Balaban J connectivity index is 1.65. The van der Waals surface area contributed by atoms with Gasteiger partial charge in [-0.15, -0.1) is 0 Å². The van der Waals surface area contributed by atoms with Gasteiger partial charge in [0.2, 0.25) is 0 Å². The molecule has 3 aromatic carbocycles. The SMILES string of the molecule is CC(NC(=O)c1ccc(I)cc1N(c1nsnc1Cc1ccccc1)S(=O)[O-])C(O)c1ccc(Cl)cc1. The van der Waals surface area contributed by atoms with E-state index in [2.05, 4.69) is 36.7 Å². The van der Waals surface area contributed by atoms with Crippen LogP contribution in [0.3, 0.4) is 0 Å². The highest BCUT2D eigenvalue weighted by atomic mass is 127. The van der Waals surface area contributed by atoms with Crippen LogP contribution < -0.4 is 9.62 Å². The molecule has 12 heteroatoms. The van der Waals surface area contributed by atoms with Crippen molar-refractivity contribution in [3.8, 4) is 0 Å². The van der Waals surface area contributed by atoms with Gasteiger partial charge in [0, 0.05) is 15.0 Å². The molecule has 0 fully saturated rings. The number of benzene rings is 3. The minimum absolute atomic E-state index is 0.110. The van der Waals surface area contributed by atoms with Crippen LogP contribution in [0, 0.1) is 3.57 Å². The van der Waals surface area contributed by atoms with Crippen LogP contribution in [-0.2, 0) is 17.7 Å². The highest BCUT2D eigenvalue weighted by molar-refractivity contribution is 14.1. The number of amides is 1. The zero-order chi connectivity index (χ0) is 26.5. The minimum atomic E-state index is -2.80. The third kappa shape index (κ3) is 6.72. The zero-order valence-corrected chi connectivity index (χ0v) is 23.9. The molecule has 0 aliphatic carbocycles. The number of anilines is 2. The van der Waals surface area contributed by atoms with E-state index in [1.807, 2.05) is 30.3 Å². The molecular formula is C25H21ClIN4O4S2-. The molecule has 3 atom stereocenters. The predicted molar refractivity (Wildman–Crippen MR) is 153 cm³/mol. The summed E-state index contributed by atoms with van der Waals surface area (Å²) in [5, 5.41) is 14.0. The Morgan fingerprint density at radius 1 is 1.16 bits per heavy atom. The maximum absolute atomic E-state index is 13.3. The Kier molecular flexibility index (Phi) is 9.27. The van der Waals surface area contributed by atoms with E-state index < -0.39 is 29.3 Å². The molecule has 0 aliphatic rings. The fraction of sp³-hybridized carbons (Fsp3) is 0.160. The number of aliphatic hydroxyl groups excluding tert-OH is 1. The number of carbonyl (C=O) groups excluding carboxylic acids is 1. The number of aromatic nitrogens is 2. The summed E-state index contributed by atoms with van der Waals surface area (Å²) >= 11 is 6.08. The predicted octanol–water partition coefficient (Wildman–Crippen LogP) is 5.17. The molecule has 1 amide bonds. The van der Waals surface area contributed by atoms with Gasteiger partial charge in [0.25, 0.3) is 5.91 Å². The average Bonchev–Trinajstić information content (AvgIpc) is 3.32. The molecule has 0 spiro atoms. The zero-order valence-electron chi connectivity index (χ0n) is 19.4. The van der Waals surface area contributed by atoms with Crippen LogP contribution >= 0.6 is 45.9 Å². The van der Waals surface area contributed by atoms with E-state index in [0.717, 1.165) is 25.2 Å². The number of aliphatic hydroxyl groups is 1. The summed E-state index contributed by atoms with van der Waals surface area (Å²) in [6, 6.07) is 20.3. The van der Waals surface area contributed by atoms with E-state index in [4.69, 9.17) is 11.6 Å². The van der Waals surface area contributed by atoms with E-state index in [9.17, 15) is 18.7 Å². The van der Waals surface area contributed by atoms with Gasteiger partial charge in [-0.05, 0) is 71.0 Å². The monoisotopic (exact) mass is 667 g/mol. The van der Waals surface area contributed by atoms with E-state index in [-0.39, 0.29) is 17.1 Å². The van der Waals surface area contributed by atoms with E-state index in [1.54, 1.807) is 49.4 Å².